The highest BCUT2D eigenvalue weighted by Crippen LogP contribution is 2.17. The lowest BCUT2D eigenvalue weighted by Crippen LogP contribution is -2.43. The molecule has 1 aromatic rings. The van der Waals surface area contributed by atoms with E-state index in [4.69, 9.17) is 11.6 Å². The van der Waals surface area contributed by atoms with Crippen molar-refractivity contribution in [2.45, 2.75) is 52.1 Å². The Morgan fingerprint density at radius 3 is 2.70 bits per heavy atom. The van der Waals surface area contributed by atoms with E-state index in [1.807, 2.05) is 38.1 Å². The van der Waals surface area contributed by atoms with Crippen LogP contribution in [-0.4, -0.2) is 18.5 Å². The lowest BCUT2D eigenvalue weighted by Gasteiger charge is -2.20. The van der Waals surface area contributed by atoms with E-state index in [-0.39, 0.29) is 18.0 Å². The summed E-state index contributed by atoms with van der Waals surface area (Å²) in [5.41, 5.74) is 1.09. The highest BCUT2D eigenvalue weighted by molar-refractivity contribution is 6.30. The summed E-state index contributed by atoms with van der Waals surface area (Å²) in [4.78, 5) is 11.9. The van der Waals surface area contributed by atoms with Crippen LogP contribution in [0.1, 0.15) is 51.6 Å². The maximum atomic E-state index is 11.9. The van der Waals surface area contributed by atoms with Crippen LogP contribution in [0.5, 0.6) is 0 Å². The molecule has 1 aromatic carbocycles. The Kier molecular flexibility index (Phi) is 7.63. The van der Waals surface area contributed by atoms with E-state index in [0.717, 1.165) is 31.4 Å². The van der Waals surface area contributed by atoms with Gasteiger partial charge in [-0.25, -0.2) is 0 Å². The van der Waals surface area contributed by atoms with Gasteiger partial charge in [0.25, 0.3) is 0 Å². The van der Waals surface area contributed by atoms with Crippen molar-refractivity contribution in [2.24, 2.45) is 0 Å². The van der Waals surface area contributed by atoms with Crippen LogP contribution in [-0.2, 0) is 4.79 Å². The van der Waals surface area contributed by atoms with Gasteiger partial charge >= 0.3 is 0 Å². The molecule has 0 aromatic heterocycles. The van der Waals surface area contributed by atoms with Crippen LogP contribution in [0.4, 0.5) is 0 Å². The number of nitrogens with one attached hydrogen (secondary N) is 2. The average Bonchev–Trinajstić information content (AvgIpc) is 2.43. The Morgan fingerprint density at radius 2 is 2.05 bits per heavy atom. The van der Waals surface area contributed by atoms with E-state index >= 15 is 0 Å². The number of carbonyl (C=O) groups is 1. The van der Waals surface area contributed by atoms with Crippen molar-refractivity contribution in [1.82, 2.24) is 10.6 Å². The van der Waals surface area contributed by atoms with Gasteiger partial charge < -0.3 is 5.32 Å². The number of amides is 1. The first-order valence-electron chi connectivity index (χ1n) is 7.33. The SMILES string of the molecule is CCCCCNC(=O)C(C)N[C@H](C)c1cccc(Cl)c1. The van der Waals surface area contributed by atoms with Crippen LogP contribution in [0.15, 0.2) is 24.3 Å². The molecular formula is C16H25ClN2O. The van der Waals surface area contributed by atoms with Gasteiger partial charge in [-0.3, -0.25) is 10.1 Å². The van der Waals surface area contributed by atoms with E-state index in [1.165, 1.54) is 0 Å². The Hall–Kier alpha value is -1.06. The molecule has 2 atom stereocenters. The van der Waals surface area contributed by atoms with Crippen molar-refractivity contribution < 1.29 is 4.79 Å². The van der Waals surface area contributed by atoms with Gasteiger partial charge in [-0.15, -0.1) is 0 Å². The molecule has 0 aliphatic carbocycles. The third-order valence-corrected chi connectivity index (χ3v) is 3.56. The van der Waals surface area contributed by atoms with Gasteiger partial charge in [0.05, 0.1) is 6.04 Å². The van der Waals surface area contributed by atoms with Gasteiger partial charge in [0.1, 0.15) is 0 Å². The Morgan fingerprint density at radius 1 is 1.30 bits per heavy atom. The van der Waals surface area contributed by atoms with Crippen LogP contribution in [0.25, 0.3) is 0 Å². The molecule has 4 heteroatoms. The molecule has 0 heterocycles. The molecule has 1 amide bonds. The first kappa shape index (κ1) is 17.0. The minimum absolute atomic E-state index is 0.0509. The molecule has 0 radical (unpaired) electrons. The molecule has 20 heavy (non-hydrogen) atoms. The maximum Gasteiger partial charge on any atom is 0.236 e. The molecule has 1 rings (SSSR count). The second-order valence-electron chi connectivity index (χ2n) is 5.16. The third-order valence-electron chi connectivity index (χ3n) is 3.32. The van der Waals surface area contributed by atoms with Crippen LogP contribution >= 0.6 is 11.6 Å². The number of hydrogen-bond acceptors (Lipinski definition) is 2. The molecule has 0 fully saturated rings. The number of carbonyl (C=O) groups excluding carboxylic acids is 1. The highest BCUT2D eigenvalue weighted by Gasteiger charge is 2.15. The highest BCUT2D eigenvalue weighted by atomic mass is 35.5. The zero-order valence-corrected chi connectivity index (χ0v) is 13.3. The first-order chi connectivity index (χ1) is 9.54. The molecular weight excluding hydrogens is 272 g/mol. The summed E-state index contributed by atoms with van der Waals surface area (Å²) < 4.78 is 0. The van der Waals surface area contributed by atoms with E-state index in [9.17, 15) is 4.79 Å². The molecule has 0 aliphatic rings. The molecule has 1 unspecified atom stereocenters. The Labute approximate surface area is 127 Å². The minimum Gasteiger partial charge on any atom is -0.355 e. The van der Waals surface area contributed by atoms with E-state index in [0.29, 0.717) is 5.02 Å². The quantitative estimate of drug-likeness (QED) is 0.718. The van der Waals surface area contributed by atoms with Crippen LogP contribution in [0.3, 0.4) is 0 Å². The minimum atomic E-state index is -0.217. The van der Waals surface area contributed by atoms with Gasteiger partial charge in [-0.2, -0.15) is 0 Å². The lowest BCUT2D eigenvalue weighted by atomic mass is 10.1. The van der Waals surface area contributed by atoms with Crippen molar-refractivity contribution in [2.75, 3.05) is 6.54 Å². The normalized spacial score (nSPS) is 13.8. The summed E-state index contributed by atoms with van der Waals surface area (Å²) in [6.07, 6.45) is 3.36. The van der Waals surface area contributed by atoms with Gasteiger partial charge in [-0.1, -0.05) is 43.5 Å². The third kappa shape index (κ3) is 5.93. The van der Waals surface area contributed by atoms with Gasteiger partial charge in [-0.05, 0) is 38.0 Å². The molecule has 112 valence electrons. The second-order valence-corrected chi connectivity index (χ2v) is 5.60. The molecule has 0 saturated carbocycles. The van der Waals surface area contributed by atoms with Crippen molar-refractivity contribution in [1.29, 1.82) is 0 Å². The molecule has 0 aliphatic heterocycles. The summed E-state index contributed by atoms with van der Waals surface area (Å²) in [6.45, 7) is 6.83. The zero-order chi connectivity index (χ0) is 15.0. The summed E-state index contributed by atoms with van der Waals surface area (Å²) >= 11 is 5.98. The number of hydrogen-bond donors (Lipinski definition) is 2. The van der Waals surface area contributed by atoms with Crippen molar-refractivity contribution >= 4 is 17.5 Å². The predicted octanol–water partition coefficient (Wildman–Crippen LogP) is 3.69. The van der Waals surface area contributed by atoms with E-state index in [1.54, 1.807) is 0 Å². The Bertz CT molecular complexity index is 423. The second kappa shape index (κ2) is 8.98. The van der Waals surface area contributed by atoms with Gasteiger partial charge in [0.15, 0.2) is 0 Å². The summed E-state index contributed by atoms with van der Waals surface area (Å²) in [5, 5.41) is 6.97. The predicted molar refractivity (Wildman–Crippen MR) is 85.0 cm³/mol. The molecule has 3 nitrogen and oxygen atoms in total. The summed E-state index contributed by atoms with van der Waals surface area (Å²) in [6, 6.07) is 7.57. The Balaban J connectivity index is 2.40. The van der Waals surface area contributed by atoms with Crippen LogP contribution in [0.2, 0.25) is 5.02 Å². The maximum absolute atomic E-state index is 11.9. The zero-order valence-electron chi connectivity index (χ0n) is 12.6. The summed E-state index contributed by atoms with van der Waals surface area (Å²) in [7, 11) is 0. The molecule has 0 spiro atoms. The lowest BCUT2D eigenvalue weighted by molar-refractivity contribution is -0.122. The van der Waals surface area contributed by atoms with Crippen molar-refractivity contribution in [3.05, 3.63) is 34.9 Å². The molecule has 0 bridgehead atoms. The first-order valence-corrected chi connectivity index (χ1v) is 7.71. The number of rotatable bonds is 8. The van der Waals surface area contributed by atoms with Crippen LogP contribution < -0.4 is 10.6 Å². The van der Waals surface area contributed by atoms with Crippen LogP contribution in [0, 0.1) is 0 Å². The summed E-state index contributed by atoms with van der Waals surface area (Å²) in [5.74, 6) is 0.0509. The fraction of sp³-hybridized carbons (Fsp3) is 0.562. The molecule has 0 saturated heterocycles. The fourth-order valence-corrected chi connectivity index (χ4v) is 2.26. The fourth-order valence-electron chi connectivity index (χ4n) is 2.06. The number of benzene rings is 1. The largest absolute Gasteiger partial charge is 0.355 e. The van der Waals surface area contributed by atoms with E-state index in [2.05, 4.69) is 17.6 Å². The molecule has 2 N–H and O–H groups in total. The van der Waals surface area contributed by atoms with Crippen molar-refractivity contribution in [3.63, 3.8) is 0 Å². The number of halogens is 1. The van der Waals surface area contributed by atoms with Gasteiger partial charge in [0, 0.05) is 17.6 Å². The van der Waals surface area contributed by atoms with E-state index < -0.39 is 0 Å². The van der Waals surface area contributed by atoms with Gasteiger partial charge in [0.2, 0.25) is 5.91 Å². The average molecular weight is 297 g/mol. The standard InChI is InChI=1S/C16H25ClN2O/c1-4-5-6-10-18-16(20)13(3)19-12(2)14-8-7-9-15(17)11-14/h7-9,11-13,19H,4-6,10H2,1-3H3,(H,18,20)/t12-,13?/m1/s1. The van der Waals surface area contributed by atoms with Crippen molar-refractivity contribution in [3.8, 4) is 0 Å². The smallest absolute Gasteiger partial charge is 0.236 e. The monoisotopic (exact) mass is 296 g/mol. The topological polar surface area (TPSA) is 41.1 Å². The number of unbranched alkanes of at least 4 members (excludes halogenated alkanes) is 2.